The van der Waals surface area contributed by atoms with E-state index in [0.717, 1.165) is 35.0 Å². The highest BCUT2D eigenvalue weighted by atomic mass is 16.7. The van der Waals surface area contributed by atoms with E-state index in [0.29, 0.717) is 17.2 Å². The Morgan fingerprint density at radius 3 is 2.67 bits per heavy atom. The summed E-state index contributed by atoms with van der Waals surface area (Å²) in [7, 11) is 0. The lowest BCUT2D eigenvalue weighted by atomic mass is 10.0. The summed E-state index contributed by atoms with van der Waals surface area (Å²) < 4.78 is 11.2. The van der Waals surface area contributed by atoms with Gasteiger partial charge in [0.1, 0.15) is 11.6 Å². The molecule has 0 radical (unpaired) electrons. The molecule has 0 fully saturated rings. The predicted molar refractivity (Wildman–Crippen MR) is 106 cm³/mol. The lowest BCUT2D eigenvalue weighted by Crippen LogP contribution is -2.09. The molecule has 5 heteroatoms. The molecule has 1 aliphatic heterocycles. The molecular weight excluding hydrogens is 340 g/mol. The van der Waals surface area contributed by atoms with Gasteiger partial charge in [0, 0.05) is 17.7 Å². The quantitative estimate of drug-likeness (QED) is 0.675. The summed E-state index contributed by atoms with van der Waals surface area (Å²) in [4.78, 5) is 4.71. The third-order valence-electron chi connectivity index (χ3n) is 4.40. The molecule has 1 aromatic heterocycles. The number of benzene rings is 2. The fraction of sp³-hybridized carbons (Fsp3) is 0.227. The third kappa shape index (κ3) is 3.53. The summed E-state index contributed by atoms with van der Waals surface area (Å²) in [6.07, 6.45) is 0. The maximum Gasteiger partial charge on any atom is 0.231 e. The molecule has 3 aromatic rings. The van der Waals surface area contributed by atoms with Crippen LogP contribution in [-0.4, -0.2) is 23.4 Å². The monoisotopic (exact) mass is 362 g/mol. The zero-order valence-electron chi connectivity index (χ0n) is 15.4. The highest BCUT2D eigenvalue weighted by Gasteiger charge is 2.20. The van der Waals surface area contributed by atoms with Crippen LogP contribution in [0.25, 0.3) is 22.4 Å². The number of rotatable bonds is 5. The number of hydrogen-bond donors (Lipinski definition) is 2. The van der Waals surface area contributed by atoms with E-state index in [4.69, 9.17) is 14.5 Å². The van der Waals surface area contributed by atoms with Gasteiger partial charge < -0.3 is 19.9 Å². The Morgan fingerprint density at radius 2 is 1.85 bits per heavy atom. The van der Waals surface area contributed by atoms with Crippen LogP contribution in [0.3, 0.4) is 0 Å². The van der Waals surface area contributed by atoms with Crippen LogP contribution in [0.2, 0.25) is 0 Å². The molecule has 2 aromatic carbocycles. The molecule has 1 aliphatic rings. The van der Waals surface area contributed by atoms with E-state index in [-0.39, 0.29) is 12.5 Å². The van der Waals surface area contributed by atoms with Crippen LogP contribution in [0.1, 0.15) is 13.8 Å². The lowest BCUT2D eigenvalue weighted by molar-refractivity contribution is 0.174. The van der Waals surface area contributed by atoms with Crippen molar-refractivity contribution in [3.05, 3.63) is 54.6 Å². The first-order valence-corrected chi connectivity index (χ1v) is 9.05. The number of ether oxygens (including phenoxy) is 2. The number of phenolic OH excluding ortho intramolecular Hbond substituents is 1. The minimum atomic E-state index is 0.204. The minimum Gasteiger partial charge on any atom is -0.507 e. The van der Waals surface area contributed by atoms with Gasteiger partial charge in [0.05, 0.1) is 5.69 Å². The Hall–Kier alpha value is -3.21. The number of nitrogens with one attached hydrogen (secondary N) is 1. The predicted octanol–water partition coefficient (Wildman–Crippen LogP) is 4.92. The number of pyridine rings is 1. The van der Waals surface area contributed by atoms with Crippen molar-refractivity contribution in [2.45, 2.75) is 13.8 Å². The summed E-state index contributed by atoms with van der Waals surface area (Å²) in [5.74, 6) is 2.93. The van der Waals surface area contributed by atoms with Crippen LogP contribution in [0, 0.1) is 5.92 Å². The first kappa shape index (κ1) is 17.2. The molecule has 0 unspecified atom stereocenters. The number of para-hydroxylation sites is 2. The molecule has 2 heterocycles. The summed E-state index contributed by atoms with van der Waals surface area (Å²) in [6, 6.07) is 17.0. The number of aromatic hydroxyl groups is 1. The molecule has 0 spiro atoms. The number of aromatic nitrogens is 1. The van der Waals surface area contributed by atoms with E-state index in [9.17, 15) is 5.11 Å². The second-order valence-corrected chi connectivity index (χ2v) is 6.96. The van der Waals surface area contributed by atoms with Crippen LogP contribution < -0.4 is 14.8 Å². The molecule has 4 rings (SSSR count). The lowest BCUT2D eigenvalue weighted by Gasteiger charge is -2.14. The molecule has 0 bridgehead atoms. The Balaban J connectivity index is 1.84. The summed E-state index contributed by atoms with van der Waals surface area (Å²) >= 11 is 0. The first-order chi connectivity index (χ1) is 13.1. The van der Waals surface area contributed by atoms with Gasteiger partial charge >= 0.3 is 0 Å². The summed E-state index contributed by atoms with van der Waals surface area (Å²) in [5, 5.41) is 13.7. The Bertz CT molecular complexity index is 970. The van der Waals surface area contributed by atoms with Crippen molar-refractivity contribution >= 4 is 5.82 Å². The van der Waals surface area contributed by atoms with E-state index in [1.165, 1.54) is 0 Å². The molecule has 0 atom stereocenters. The van der Waals surface area contributed by atoms with Gasteiger partial charge in [-0.2, -0.15) is 0 Å². The van der Waals surface area contributed by atoms with E-state index in [1.54, 1.807) is 12.1 Å². The van der Waals surface area contributed by atoms with Gasteiger partial charge in [-0.05, 0) is 41.8 Å². The van der Waals surface area contributed by atoms with Crippen molar-refractivity contribution in [2.75, 3.05) is 18.7 Å². The van der Waals surface area contributed by atoms with Crippen LogP contribution in [0.5, 0.6) is 17.2 Å². The highest BCUT2D eigenvalue weighted by Crippen LogP contribution is 2.42. The van der Waals surface area contributed by atoms with Crippen LogP contribution in [0.4, 0.5) is 5.82 Å². The largest absolute Gasteiger partial charge is 0.507 e. The van der Waals surface area contributed by atoms with Crippen molar-refractivity contribution in [3.8, 4) is 39.6 Å². The van der Waals surface area contributed by atoms with E-state index >= 15 is 0 Å². The fourth-order valence-corrected chi connectivity index (χ4v) is 3.07. The number of anilines is 1. The zero-order valence-corrected chi connectivity index (χ0v) is 15.4. The molecule has 0 aliphatic carbocycles. The fourth-order valence-electron chi connectivity index (χ4n) is 3.07. The van der Waals surface area contributed by atoms with Gasteiger partial charge in [-0.25, -0.2) is 4.98 Å². The first-order valence-electron chi connectivity index (χ1n) is 9.05. The Kier molecular flexibility index (Phi) is 4.59. The van der Waals surface area contributed by atoms with E-state index in [1.807, 2.05) is 42.5 Å². The van der Waals surface area contributed by atoms with Crippen molar-refractivity contribution in [2.24, 2.45) is 5.92 Å². The zero-order chi connectivity index (χ0) is 18.8. The normalized spacial score (nSPS) is 12.4. The smallest absolute Gasteiger partial charge is 0.231 e. The second-order valence-electron chi connectivity index (χ2n) is 6.96. The molecule has 5 nitrogen and oxygen atoms in total. The van der Waals surface area contributed by atoms with E-state index in [2.05, 4.69) is 19.2 Å². The molecule has 0 amide bonds. The van der Waals surface area contributed by atoms with Crippen molar-refractivity contribution in [1.82, 2.24) is 4.98 Å². The van der Waals surface area contributed by atoms with Crippen molar-refractivity contribution < 1.29 is 14.6 Å². The number of phenols is 1. The number of hydrogen-bond acceptors (Lipinski definition) is 5. The average molecular weight is 362 g/mol. The molecule has 27 heavy (non-hydrogen) atoms. The Labute approximate surface area is 158 Å². The minimum absolute atomic E-state index is 0.204. The molecule has 0 saturated heterocycles. The average Bonchev–Trinajstić information content (AvgIpc) is 3.15. The Morgan fingerprint density at radius 1 is 1.04 bits per heavy atom. The van der Waals surface area contributed by atoms with Crippen LogP contribution >= 0.6 is 0 Å². The maximum atomic E-state index is 10.3. The summed E-state index contributed by atoms with van der Waals surface area (Å²) in [5.41, 5.74) is 3.29. The summed E-state index contributed by atoms with van der Waals surface area (Å²) in [6.45, 7) is 5.33. The van der Waals surface area contributed by atoms with Gasteiger partial charge in [-0.1, -0.05) is 38.1 Å². The SMILES string of the molecule is CC(C)CNc1cc(-c2cccc3c2OCO3)cc(-c2ccccc2O)n1. The van der Waals surface area contributed by atoms with Gasteiger partial charge in [0.2, 0.25) is 6.79 Å². The van der Waals surface area contributed by atoms with Crippen molar-refractivity contribution in [1.29, 1.82) is 0 Å². The van der Waals surface area contributed by atoms with Gasteiger partial charge in [0.25, 0.3) is 0 Å². The van der Waals surface area contributed by atoms with Crippen LogP contribution in [-0.2, 0) is 0 Å². The molecule has 138 valence electrons. The number of fused-ring (bicyclic) bond motifs is 1. The van der Waals surface area contributed by atoms with Gasteiger partial charge in [-0.3, -0.25) is 0 Å². The highest BCUT2D eigenvalue weighted by molar-refractivity contribution is 5.80. The third-order valence-corrected chi connectivity index (χ3v) is 4.40. The van der Waals surface area contributed by atoms with Gasteiger partial charge in [-0.15, -0.1) is 0 Å². The molecule has 0 saturated carbocycles. The van der Waals surface area contributed by atoms with Gasteiger partial charge in [0.15, 0.2) is 11.5 Å². The molecule has 2 N–H and O–H groups in total. The van der Waals surface area contributed by atoms with Crippen molar-refractivity contribution in [3.63, 3.8) is 0 Å². The van der Waals surface area contributed by atoms with E-state index < -0.39 is 0 Å². The molecular formula is C22H22N2O3. The maximum absolute atomic E-state index is 10.3. The number of nitrogens with zero attached hydrogens (tertiary/aromatic N) is 1. The second kappa shape index (κ2) is 7.19. The standard InChI is InChI=1S/C22H22N2O3/c1-14(2)12-23-21-11-15(16-7-5-9-20-22(16)27-13-26-20)10-18(24-21)17-6-3-4-8-19(17)25/h3-11,14,25H,12-13H2,1-2H3,(H,23,24). The topological polar surface area (TPSA) is 63.6 Å². The van der Waals surface area contributed by atoms with Crippen LogP contribution in [0.15, 0.2) is 54.6 Å².